The molecule has 0 bridgehead atoms. The lowest BCUT2D eigenvalue weighted by Gasteiger charge is -2.29. The molecular weight excluding hydrogens is 453 g/mol. The highest BCUT2D eigenvalue weighted by atomic mass is 35.5. The van der Waals surface area contributed by atoms with Gasteiger partial charge in [0.05, 0.1) is 15.7 Å². The van der Waals surface area contributed by atoms with Crippen molar-refractivity contribution >= 4 is 52.3 Å². The van der Waals surface area contributed by atoms with Crippen LogP contribution in [0.5, 0.6) is 5.88 Å². The highest BCUT2D eigenvalue weighted by molar-refractivity contribution is 6.40. The van der Waals surface area contributed by atoms with E-state index in [4.69, 9.17) is 27.9 Å². The molecule has 2 aliphatic heterocycles. The van der Waals surface area contributed by atoms with Crippen molar-refractivity contribution in [1.82, 2.24) is 15.3 Å². The number of nitrogens with zero attached hydrogens (tertiary/aromatic N) is 3. The van der Waals surface area contributed by atoms with Crippen molar-refractivity contribution in [3.05, 3.63) is 68.8 Å². The zero-order chi connectivity index (χ0) is 22.4. The second-order valence-corrected chi connectivity index (χ2v) is 8.26. The van der Waals surface area contributed by atoms with Crippen molar-refractivity contribution in [2.45, 2.75) is 13.3 Å². The molecule has 0 saturated carbocycles. The topological polar surface area (TPSA) is 96.5 Å². The van der Waals surface area contributed by atoms with E-state index in [2.05, 4.69) is 20.6 Å². The smallest absolute Gasteiger partial charge is 0.268 e. The minimum Gasteiger partial charge on any atom is -0.455 e. The van der Waals surface area contributed by atoms with E-state index in [0.29, 0.717) is 33.5 Å². The van der Waals surface area contributed by atoms with Gasteiger partial charge in [0.25, 0.3) is 11.8 Å². The molecule has 0 fully saturated rings. The molecule has 32 heavy (non-hydrogen) atoms. The fourth-order valence-corrected chi connectivity index (χ4v) is 4.37. The van der Waals surface area contributed by atoms with Crippen LogP contribution in [0.3, 0.4) is 0 Å². The van der Waals surface area contributed by atoms with E-state index >= 15 is 0 Å². The van der Waals surface area contributed by atoms with Crippen LogP contribution >= 0.6 is 23.2 Å². The Bertz CT molecular complexity index is 1260. The van der Waals surface area contributed by atoms with Crippen molar-refractivity contribution in [2.75, 3.05) is 23.5 Å². The number of nitrogens with one attached hydrogen (secondary N) is 2. The largest absolute Gasteiger partial charge is 0.455 e. The highest BCUT2D eigenvalue weighted by Gasteiger charge is 2.31. The van der Waals surface area contributed by atoms with Gasteiger partial charge in [-0.1, -0.05) is 35.3 Å². The lowest BCUT2D eigenvalue weighted by Crippen LogP contribution is -2.39. The first-order valence-electron chi connectivity index (χ1n) is 9.87. The number of halogens is 2. The van der Waals surface area contributed by atoms with Crippen LogP contribution in [0.25, 0.3) is 0 Å². The van der Waals surface area contributed by atoms with Crippen molar-refractivity contribution in [1.29, 1.82) is 0 Å². The molecule has 2 aromatic carbocycles. The van der Waals surface area contributed by atoms with Crippen LogP contribution in [0.1, 0.15) is 31.8 Å². The number of benzene rings is 2. The molecule has 1 aromatic heterocycles. The van der Waals surface area contributed by atoms with Crippen LogP contribution in [0.2, 0.25) is 10.0 Å². The molecule has 0 atom stereocenters. The van der Waals surface area contributed by atoms with Gasteiger partial charge in [0, 0.05) is 24.0 Å². The molecule has 5 rings (SSSR count). The highest BCUT2D eigenvalue weighted by Crippen LogP contribution is 2.37. The van der Waals surface area contributed by atoms with Gasteiger partial charge in [-0.05, 0) is 42.7 Å². The number of carbonyl (C=O) groups excluding carboxylic acids is 2. The average Bonchev–Trinajstić information content (AvgIpc) is 2.76. The monoisotopic (exact) mass is 469 g/mol. The SMILES string of the molecule is Cc1cc2c(cc1Nc1ncc3c(n1)OCN(c1c(Cl)cccc1Cl)C3=O)C(=O)NCC2. The molecule has 0 spiro atoms. The number of rotatable bonds is 3. The summed E-state index contributed by atoms with van der Waals surface area (Å²) >= 11 is 12.5. The number of ether oxygens (including phenoxy) is 1. The van der Waals surface area contributed by atoms with E-state index in [0.717, 1.165) is 17.5 Å². The third-order valence-corrected chi connectivity index (χ3v) is 6.00. The molecule has 0 radical (unpaired) electrons. The van der Waals surface area contributed by atoms with E-state index in [1.807, 2.05) is 13.0 Å². The molecule has 10 heteroatoms. The molecule has 2 N–H and O–H groups in total. The minimum atomic E-state index is -0.366. The number of aromatic nitrogens is 2. The van der Waals surface area contributed by atoms with Gasteiger partial charge in [-0.3, -0.25) is 14.5 Å². The van der Waals surface area contributed by atoms with E-state index < -0.39 is 0 Å². The normalized spacial score (nSPS) is 14.9. The van der Waals surface area contributed by atoms with E-state index in [1.165, 1.54) is 11.1 Å². The van der Waals surface area contributed by atoms with Gasteiger partial charge in [-0.25, -0.2) is 4.98 Å². The first-order valence-corrected chi connectivity index (χ1v) is 10.6. The maximum Gasteiger partial charge on any atom is 0.268 e. The molecule has 0 aliphatic carbocycles. The van der Waals surface area contributed by atoms with Gasteiger partial charge in [0.2, 0.25) is 11.8 Å². The quantitative estimate of drug-likeness (QED) is 0.598. The van der Waals surface area contributed by atoms with Crippen molar-refractivity contribution < 1.29 is 14.3 Å². The molecule has 0 saturated heterocycles. The van der Waals surface area contributed by atoms with Crippen LogP contribution in [0, 0.1) is 6.92 Å². The number of anilines is 3. The summed E-state index contributed by atoms with van der Waals surface area (Å²) in [6.45, 7) is 2.48. The summed E-state index contributed by atoms with van der Waals surface area (Å²) in [6, 6.07) is 8.77. The summed E-state index contributed by atoms with van der Waals surface area (Å²) in [4.78, 5) is 35.2. The fraction of sp³-hybridized carbons (Fsp3) is 0.182. The molecule has 8 nitrogen and oxygen atoms in total. The summed E-state index contributed by atoms with van der Waals surface area (Å²) in [5.74, 6) is -0.0670. The van der Waals surface area contributed by atoms with Crippen LogP contribution in [0.15, 0.2) is 36.5 Å². The minimum absolute atomic E-state index is 0.0935. The van der Waals surface area contributed by atoms with Crippen molar-refractivity contribution in [2.24, 2.45) is 0 Å². The Morgan fingerprint density at radius 1 is 1.16 bits per heavy atom. The van der Waals surface area contributed by atoms with Crippen LogP contribution in [0.4, 0.5) is 17.3 Å². The standard InChI is InChI=1S/C22H17Cl2N5O3/c1-11-7-12-5-6-25-19(30)13(12)8-17(11)27-22-26-9-14-20(28-22)32-10-29(21(14)31)18-15(23)3-2-4-16(18)24/h2-4,7-9H,5-6,10H2,1H3,(H,25,30)(H,26,27,28). The predicted octanol–water partition coefficient (Wildman–Crippen LogP) is 4.12. The van der Waals surface area contributed by atoms with E-state index in [9.17, 15) is 9.59 Å². The predicted molar refractivity (Wildman–Crippen MR) is 121 cm³/mol. The number of para-hydroxylation sites is 1. The Hall–Kier alpha value is -3.36. The Labute approximate surface area is 193 Å². The van der Waals surface area contributed by atoms with Crippen molar-refractivity contribution in [3.63, 3.8) is 0 Å². The molecular formula is C22H17Cl2N5O3. The zero-order valence-electron chi connectivity index (χ0n) is 16.9. The molecule has 0 unspecified atom stereocenters. The van der Waals surface area contributed by atoms with Gasteiger partial charge < -0.3 is 15.4 Å². The first-order chi connectivity index (χ1) is 15.4. The number of carbonyl (C=O) groups is 2. The Balaban J connectivity index is 1.43. The Morgan fingerprint density at radius 3 is 2.72 bits per heavy atom. The van der Waals surface area contributed by atoms with Gasteiger partial charge in [0.15, 0.2) is 6.73 Å². The first kappa shape index (κ1) is 20.5. The van der Waals surface area contributed by atoms with Crippen molar-refractivity contribution in [3.8, 4) is 5.88 Å². The number of aryl methyl sites for hydroxylation is 1. The summed E-state index contributed by atoms with van der Waals surface area (Å²) < 4.78 is 5.72. The summed E-state index contributed by atoms with van der Waals surface area (Å²) in [5, 5.41) is 6.63. The molecule has 3 aromatic rings. The average molecular weight is 470 g/mol. The number of fused-ring (bicyclic) bond motifs is 2. The van der Waals surface area contributed by atoms with Crippen LogP contribution in [-0.4, -0.2) is 35.1 Å². The summed E-state index contributed by atoms with van der Waals surface area (Å²) in [7, 11) is 0. The molecule has 162 valence electrons. The Morgan fingerprint density at radius 2 is 1.94 bits per heavy atom. The lowest BCUT2D eigenvalue weighted by atomic mass is 9.97. The summed E-state index contributed by atoms with van der Waals surface area (Å²) in [5.41, 5.74) is 3.86. The van der Waals surface area contributed by atoms with Gasteiger partial charge in [-0.2, -0.15) is 4.98 Å². The van der Waals surface area contributed by atoms with Crippen LogP contribution in [-0.2, 0) is 6.42 Å². The second kappa shape index (κ2) is 7.96. The summed E-state index contributed by atoms with van der Waals surface area (Å²) in [6.07, 6.45) is 2.18. The molecule has 2 amide bonds. The zero-order valence-corrected chi connectivity index (χ0v) is 18.4. The van der Waals surface area contributed by atoms with E-state index in [1.54, 1.807) is 24.3 Å². The Kier molecular flexibility index (Phi) is 5.11. The third-order valence-electron chi connectivity index (χ3n) is 5.39. The molecule has 3 heterocycles. The number of amides is 2. The van der Waals surface area contributed by atoms with Crippen LogP contribution < -0.4 is 20.3 Å². The maximum atomic E-state index is 13.0. The lowest BCUT2D eigenvalue weighted by molar-refractivity contribution is 0.0928. The van der Waals surface area contributed by atoms with Gasteiger partial charge >= 0.3 is 0 Å². The second-order valence-electron chi connectivity index (χ2n) is 7.44. The van der Waals surface area contributed by atoms with Gasteiger partial charge in [0.1, 0.15) is 5.56 Å². The van der Waals surface area contributed by atoms with Gasteiger partial charge in [-0.15, -0.1) is 0 Å². The molecule has 2 aliphatic rings. The van der Waals surface area contributed by atoms with E-state index in [-0.39, 0.29) is 35.9 Å². The maximum absolute atomic E-state index is 13.0. The fourth-order valence-electron chi connectivity index (χ4n) is 3.77. The number of hydrogen-bond acceptors (Lipinski definition) is 6. The third kappa shape index (κ3) is 3.51. The number of hydrogen-bond donors (Lipinski definition) is 2.